The molecule has 0 heterocycles. The molecule has 0 radical (unpaired) electrons. The van der Waals surface area contributed by atoms with Gasteiger partial charge in [-0.15, -0.1) is 0 Å². The molecule has 168 valence electrons. The van der Waals surface area contributed by atoms with Crippen LogP contribution in [0.25, 0.3) is 0 Å². The van der Waals surface area contributed by atoms with Crippen molar-refractivity contribution in [2.45, 2.75) is 71.2 Å². The minimum absolute atomic E-state index is 0.00949. The maximum Gasteiger partial charge on any atom is 0.309 e. The first-order chi connectivity index (χ1) is 14.5. The molecular weight excluding hydrogens is 444 g/mol. The van der Waals surface area contributed by atoms with Gasteiger partial charge in [0.25, 0.3) is 0 Å². The first kappa shape index (κ1) is 25.1. The van der Waals surface area contributed by atoms with Gasteiger partial charge in [0.1, 0.15) is 0 Å². The molecule has 1 aromatic rings. The van der Waals surface area contributed by atoms with Crippen molar-refractivity contribution in [3.05, 3.63) is 46.5 Å². The van der Waals surface area contributed by atoms with E-state index in [1.807, 2.05) is 25.3 Å². The lowest BCUT2D eigenvalue weighted by molar-refractivity contribution is -0.139. The molecule has 0 aromatic heterocycles. The van der Waals surface area contributed by atoms with E-state index in [2.05, 4.69) is 48.0 Å². The highest BCUT2D eigenvalue weighted by molar-refractivity contribution is 9.10. The van der Waals surface area contributed by atoms with Crippen molar-refractivity contribution in [2.75, 3.05) is 14.2 Å². The Kier molecular flexibility index (Phi) is 11.1. The first-order valence-corrected chi connectivity index (χ1v) is 11.9. The van der Waals surface area contributed by atoms with Crippen LogP contribution in [0.15, 0.2) is 40.9 Å². The number of methoxy groups -OCH3 is 2. The van der Waals surface area contributed by atoms with E-state index < -0.39 is 0 Å². The molecule has 1 fully saturated rings. The summed E-state index contributed by atoms with van der Waals surface area (Å²) in [6.45, 7) is 4.95. The van der Waals surface area contributed by atoms with Gasteiger partial charge in [0.2, 0.25) is 0 Å². The zero-order chi connectivity index (χ0) is 21.9. The molecule has 1 aliphatic rings. The van der Waals surface area contributed by atoms with Crippen LogP contribution in [0, 0.1) is 17.8 Å². The molecule has 0 bridgehead atoms. The Morgan fingerprint density at radius 1 is 1.20 bits per heavy atom. The van der Waals surface area contributed by atoms with Crippen LogP contribution in [0.2, 0.25) is 0 Å². The van der Waals surface area contributed by atoms with Crippen LogP contribution in [-0.4, -0.2) is 32.4 Å². The lowest BCUT2D eigenvalue weighted by atomic mass is 9.77. The minimum Gasteiger partial charge on any atom is -0.469 e. The number of carbonyl (C=O) groups is 1. The molecule has 4 atom stereocenters. The third-order valence-electron chi connectivity index (χ3n) is 6.22. The Hall–Kier alpha value is -1.17. The number of hydrogen-bond acceptors (Lipinski definition) is 4. The normalized spacial score (nSPS) is 19.4. The predicted molar refractivity (Wildman–Crippen MR) is 124 cm³/mol. The van der Waals surface area contributed by atoms with Crippen molar-refractivity contribution in [2.24, 2.45) is 17.8 Å². The van der Waals surface area contributed by atoms with Crippen LogP contribution < -0.4 is 0 Å². The number of esters is 1. The van der Waals surface area contributed by atoms with Gasteiger partial charge in [0, 0.05) is 23.4 Å². The van der Waals surface area contributed by atoms with Crippen molar-refractivity contribution in [3.63, 3.8) is 0 Å². The van der Waals surface area contributed by atoms with Crippen LogP contribution >= 0.6 is 15.9 Å². The smallest absolute Gasteiger partial charge is 0.309 e. The van der Waals surface area contributed by atoms with Crippen molar-refractivity contribution in [3.8, 4) is 0 Å². The standard InChI is InChI=1S/C25H37BrO4/c1-18(10-8-15-23(27)28-3)24(30-17-20-11-9-14-22(26)16-20)19(2)25(29-4)21-12-6-5-7-13-21/h8-11,14,16,18-19,21,24-25H,5-7,12-13,15,17H2,1-4H3/t18-,19+,24+,25-/m0/s1. The molecular formula is C25H37BrO4. The number of carbonyl (C=O) groups excluding carboxylic acids is 1. The first-order valence-electron chi connectivity index (χ1n) is 11.1. The largest absolute Gasteiger partial charge is 0.469 e. The van der Waals surface area contributed by atoms with E-state index in [4.69, 9.17) is 14.2 Å². The average molecular weight is 481 g/mol. The highest BCUT2D eigenvalue weighted by atomic mass is 79.9. The van der Waals surface area contributed by atoms with Crippen molar-refractivity contribution >= 4 is 21.9 Å². The molecule has 0 unspecified atom stereocenters. The summed E-state index contributed by atoms with van der Waals surface area (Å²) in [7, 11) is 3.25. The van der Waals surface area contributed by atoms with Gasteiger partial charge >= 0.3 is 5.97 Å². The average Bonchev–Trinajstić information content (AvgIpc) is 2.75. The van der Waals surface area contributed by atoms with E-state index in [0.717, 1.165) is 10.0 Å². The molecule has 2 rings (SSSR count). The zero-order valence-corrected chi connectivity index (χ0v) is 20.4. The van der Waals surface area contributed by atoms with Gasteiger partial charge in [-0.3, -0.25) is 4.79 Å². The summed E-state index contributed by atoms with van der Waals surface area (Å²) in [5.74, 6) is 0.748. The summed E-state index contributed by atoms with van der Waals surface area (Å²) in [4.78, 5) is 11.5. The summed E-state index contributed by atoms with van der Waals surface area (Å²) in [6, 6.07) is 8.22. The van der Waals surface area contributed by atoms with E-state index in [0.29, 0.717) is 12.5 Å². The number of hydrogen-bond donors (Lipinski definition) is 0. The number of ether oxygens (including phenoxy) is 3. The second-order valence-corrected chi connectivity index (χ2v) is 9.35. The van der Waals surface area contributed by atoms with Gasteiger partial charge in [-0.2, -0.15) is 0 Å². The van der Waals surface area contributed by atoms with E-state index in [1.165, 1.54) is 39.2 Å². The van der Waals surface area contributed by atoms with Crippen LogP contribution in [-0.2, 0) is 25.6 Å². The SMILES string of the molecule is COC(=O)CC=C[C@H](C)[C@@H](OCc1cccc(Br)c1)[C@@H](C)[C@H](OC)C1CCCCC1. The van der Waals surface area contributed by atoms with Gasteiger partial charge in [0.05, 0.1) is 32.3 Å². The predicted octanol–water partition coefficient (Wildman–Crippen LogP) is 6.32. The fourth-order valence-electron chi connectivity index (χ4n) is 4.66. The van der Waals surface area contributed by atoms with Gasteiger partial charge in [-0.25, -0.2) is 0 Å². The van der Waals surface area contributed by atoms with Crippen LogP contribution in [0.1, 0.15) is 57.9 Å². The second-order valence-electron chi connectivity index (χ2n) is 8.43. The fourth-order valence-corrected chi connectivity index (χ4v) is 5.11. The van der Waals surface area contributed by atoms with E-state index in [9.17, 15) is 4.79 Å². The summed E-state index contributed by atoms with van der Waals surface area (Å²) in [6.07, 6.45) is 10.8. The third kappa shape index (κ3) is 7.82. The molecule has 0 aliphatic heterocycles. The highest BCUT2D eigenvalue weighted by Gasteiger charge is 2.35. The molecule has 30 heavy (non-hydrogen) atoms. The molecule has 0 saturated heterocycles. The zero-order valence-electron chi connectivity index (χ0n) is 18.8. The Morgan fingerprint density at radius 3 is 2.57 bits per heavy atom. The molecule has 0 N–H and O–H groups in total. The quantitative estimate of drug-likeness (QED) is 0.274. The lowest BCUT2D eigenvalue weighted by Gasteiger charge is -2.38. The topological polar surface area (TPSA) is 44.8 Å². The van der Waals surface area contributed by atoms with Crippen LogP contribution in [0.4, 0.5) is 0 Å². The monoisotopic (exact) mass is 480 g/mol. The Morgan fingerprint density at radius 2 is 1.93 bits per heavy atom. The van der Waals surface area contributed by atoms with E-state index in [1.54, 1.807) is 0 Å². The maximum absolute atomic E-state index is 11.5. The maximum atomic E-state index is 11.5. The Labute approximate surface area is 190 Å². The molecule has 4 nitrogen and oxygen atoms in total. The number of halogens is 1. The number of rotatable bonds is 11. The van der Waals surface area contributed by atoms with Crippen molar-refractivity contribution in [1.82, 2.24) is 0 Å². The summed E-state index contributed by atoms with van der Waals surface area (Å²) in [5, 5.41) is 0. The summed E-state index contributed by atoms with van der Waals surface area (Å²) in [5.41, 5.74) is 1.14. The van der Waals surface area contributed by atoms with Crippen molar-refractivity contribution in [1.29, 1.82) is 0 Å². The van der Waals surface area contributed by atoms with Crippen LogP contribution in [0.5, 0.6) is 0 Å². The van der Waals surface area contributed by atoms with E-state index >= 15 is 0 Å². The molecule has 1 aromatic carbocycles. The van der Waals surface area contributed by atoms with E-state index in [-0.39, 0.29) is 36.4 Å². The minimum atomic E-state index is -0.227. The molecule has 1 aliphatic carbocycles. The molecule has 1 saturated carbocycles. The van der Waals surface area contributed by atoms with Gasteiger partial charge < -0.3 is 14.2 Å². The summed E-state index contributed by atoms with van der Waals surface area (Å²) >= 11 is 3.54. The highest BCUT2D eigenvalue weighted by Crippen LogP contribution is 2.35. The third-order valence-corrected chi connectivity index (χ3v) is 6.72. The van der Waals surface area contributed by atoms with Crippen molar-refractivity contribution < 1.29 is 19.0 Å². The summed E-state index contributed by atoms with van der Waals surface area (Å²) < 4.78 is 18.3. The molecule has 0 amide bonds. The number of benzene rings is 1. The van der Waals surface area contributed by atoms with Gasteiger partial charge in [-0.1, -0.05) is 73.3 Å². The van der Waals surface area contributed by atoms with Gasteiger partial charge in [0.15, 0.2) is 0 Å². The van der Waals surface area contributed by atoms with Gasteiger partial charge in [-0.05, 0) is 36.5 Å². The lowest BCUT2D eigenvalue weighted by Crippen LogP contribution is -2.41. The Bertz CT molecular complexity index is 669. The van der Waals surface area contributed by atoms with Crippen LogP contribution in [0.3, 0.4) is 0 Å². The Balaban J connectivity index is 2.13. The molecule has 0 spiro atoms. The second kappa shape index (κ2) is 13.3. The fraction of sp³-hybridized carbons (Fsp3) is 0.640. The molecule has 5 heteroatoms.